The molecule has 0 unspecified atom stereocenters. The largest absolute Gasteiger partial charge is 0.345 e. The summed E-state index contributed by atoms with van der Waals surface area (Å²) in [5.41, 5.74) is 5.87. The van der Waals surface area contributed by atoms with E-state index in [9.17, 15) is 0 Å². The quantitative estimate of drug-likeness (QED) is 0.305. The highest BCUT2D eigenvalue weighted by molar-refractivity contribution is 5.72. The Morgan fingerprint density at radius 1 is 1.14 bits per heavy atom. The van der Waals surface area contributed by atoms with E-state index in [1.165, 1.54) is 32.1 Å². The summed E-state index contributed by atoms with van der Waals surface area (Å²) in [5, 5.41) is 0. The molecular formula is C11H26N3+. The fraction of sp³-hybridized carbons (Fsp3) is 0.909. The van der Waals surface area contributed by atoms with Gasteiger partial charge in [-0.05, 0) is 6.42 Å². The van der Waals surface area contributed by atoms with Crippen molar-refractivity contribution in [2.24, 2.45) is 5.73 Å². The number of rotatable bonds is 6. The average molecular weight is 200 g/mol. The van der Waals surface area contributed by atoms with Crippen LogP contribution < -0.4 is 5.73 Å². The predicted octanol–water partition coefficient (Wildman–Crippen LogP) is 1.48. The third-order valence-electron chi connectivity index (χ3n) is 2.45. The lowest BCUT2D eigenvalue weighted by Gasteiger charge is -2.13. The summed E-state index contributed by atoms with van der Waals surface area (Å²) in [4.78, 5) is 2.12. The lowest BCUT2D eigenvalue weighted by atomic mass is 10.1. The third-order valence-corrected chi connectivity index (χ3v) is 2.45. The van der Waals surface area contributed by atoms with Crippen LogP contribution in [0.5, 0.6) is 0 Å². The van der Waals surface area contributed by atoms with E-state index in [-0.39, 0.29) is 0 Å². The summed E-state index contributed by atoms with van der Waals surface area (Å²) < 4.78 is 1.95. The number of hydrogen-bond donors (Lipinski definition) is 1. The van der Waals surface area contributed by atoms with Gasteiger partial charge < -0.3 is 0 Å². The molecule has 0 aromatic heterocycles. The minimum atomic E-state index is 0.848. The minimum Gasteiger partial charge on any atom is -0.291 e. The van der Waals surface area contributed by atoms with Crippen LogP contribution in [0.15, 0.2) is 0 Å². The van der Waals surface area contributed by atoms with E-state index in [2.05, 4.69) is 18.9 Å². The van der Waals surface area contributed by atoms with Gasteiger partial charge in [-0.2, -0.15) is 0 Å². The van der Waals surface area contributed by atoms with E-state index in [0.29, 0.717) is 0 Å². The normalized spacial score (nSPS) is 10.0. The molecule has 0 fully saturated rings. The maximum absolute atomic E-state index is 5.87. The van der Waals surface area contributed by atoms with Crippen molar-refractivity contribution >= 4 is 5.96 Å². The van der Waals surface area contributed by atoms with E-state index in [0.717, 1.165) is 12.5 Å². The van der Waals surface area contributed by atoms with Gasteiger partial charge in [-0.15, -0.1) is 0 Å². The highest BCUT2D eigenvalue weighted by atomic mass is 15.3. The molecule has 0 spiro atoms. The van der Waals surface area contributed by atoms with Crippen molar-refractivity contribution in [2.45, 2.75) is 39.0 Å². The molecule has 2 N–H and O–H groups in total. The van der Waals surface area contributed by atoms with Crippen molar-refractivity contribution in [1.82, 2.24) is 4.90 Å². The zero-order chi connectivity index (χ0) is 11.0. The first-order valence-corrected chi connectivity index (χ1v) is 5.60. The van der Waals surface area contributed by atoms with Gasteiger partial charge in [0, 0.05) is 0 Å². The Morgan fingerprint density at radius 2 is 1.71 bits per heavy atom. The van der Waals surface area contributed by atoms with E-state index >= 15 is 0 Å². The highest BCUT2D eigenvalue weighted by Gasteiger charge is 2.08. The van der Waals surface area contributed by atoms with Crippen LogP contribution in [0.4, 0.5) is 0 Å². The molecular weight excluding hydrogens is 174 g/mol. The van der Waals surface area contributed by atoms with Crippen LogP contribution in [0.25, 0.3) is 0 Å². The maximum Gasteiger partial charge on any atom is 0.345 e. The second kappa shape index (κ2) is 7.65. The number of guanidine groups is 1. The van der Waals surface area contributed by atoms with Gasteiger partial charge in [0.15, 0.2) is 0 Å². The molecule has 0 heterocycles. The van der Waals surface area contributed by atoms with Crippen molar-refractivity contribution in [1.29, 1.82) is 0 Å². The highest BCUT2D eigenvalue weighted by Crippen LogP contribution is 2.02. The van der Waals surface area contributed by atoms with Gasteiger partial charge in [-0.25, -0.2) is 0 Å². The molecule has 0 saturated carbocycles. The van der Waals surface area contributed by atoms with Gasteiger partial charge in [0.25, 0.3) is 0 Å². The molecule has 0 saturated heterocycles. The minimum absolute atomic E-state index is 0.848. The van der Waals surface area contributed by atoms with Crippen LogP contribution in [0, 0.1) is 0 Å². The third kappa shape index (κ3) is 5.84. The van der Waals surface area contributed by atoms with Gasteiger partial charge in [0.1, 0.15) is 0 Å². The lowest BCUT2D eigenvalue weighted by molar-refractivity contribution is -0.471. The Kier molecular flexibility index (Phi) is 7.25. The molecule has 0 aromatic carbocycles. The van der Waals surface area contributed by atoms with Gasteiger partial charge in [-0.1, -0.05) is 32.6 Å². The fourth-order valence-electron chi connectivity index (χ4n) is 1.41. The molecule has 0 aromatic rings. The van der Waals surface area contributed by atoms with E-state index < -0.39 is 0 Å². The summed E-state index contributed by atoms with van der Waals surface area (Å²) >= 11 is 0. The second-order valence-electron chi connectivity index (χ2n) is 4.09. The molecule has 0 aliphatic heterocycles. The lowest BCUT2D eigenvalue weighted by Crippen LogP contribution is -2.40. The van der Waals surface area contributed by atoms with Crippen LogP contribution in [0.3, 0.4) is 0 Å². The molecule has 0 bridgehead atoms. The van der Waals surface area contributed by atoms with Gasteiger partial charge in [0.05, 0.1) is 27.7 Å². The molecule has 0 radical (unpaired) electrons. The number of hydrogen-bond acceptors (Lipinski definition) is 0. The summed E-state index contributed by atoms with van der Waals surface area (Å²) in [7, 11) is 6.00. The SMILES string of the molecule is CCCCCCCN(C)C(N)=[N+](C)C. The summed E-state index contributed by atoms with van der Waals surface area (Å²) in [6.45, 7) is 3.30. The van der Waals surface area contributed by atoms with Crippen LogP contribution >= 0.6 is 0 Å². The molecule has 0 atom stereocenters. The molecule has 0 amide bonds. The Labute approximate surface area is 88.6 Å². The van der Waals surface area contributed by atoms with E-state index in [4.69, 9.17) is 5.73 Å². The first-order valence-electron chi connectivity index (χ1n) is 5.60. The molecule has 84 valence electrons. The monoisotopic (exact) mass is 200 g/mol. The van der Waals surface area contributed by atoms with Crippen molar-refractivity contribution < 1.29 is 4.58 Å². The Bertz CT molecular complexity index is 171. The van der Waals surface area contributed by atoms with Crippen molar-refractivity contribution in [2.75, 3.05) is 27.7 Å². The van der Waals surface area contributed by atoms with Crippen molar-refractivity contribution in [3.8, 4) is 0 Å². The van der Waals surface area contributed by atoms with Crippen LogP contribution in [0.2, 0.25) is 0 Å². The standard InChI is InChI=1S/C11H25N3/c1-5-6-7-8-9-10-14(4)11(12)13(2)3/h12H,5-10H2,1-4H3/p+1. The molecule has 0 aliphatic rings. The zero-order valence-electron chi connectivity index (χ0n) is 10.2. The molecule has 3 nitrogen and oxygen atoms in total. The zero-order valence-corrected chi connectivity index (χ0v) is 10.2. The number of nitrogens with two attached hydrogens (primary N) is 1. The van der Waals surface area contributed by atoms with Crippen LogP contribution in [-0.2, 0) is 0 Å². The molecule has 14 heavy (non-hydrogen) atoms. The van der Waals surface area contributed by atoms with Crippen LogP contribution in [0.1, 0.15) is 39.0 Å². The number of nitrogens with zero attached hydrogens (tertiary/aromatic N) is 2. The summed E-state index contributed by atoms with van der Waals surface area (Å²) in [5.74, 6) is 0.848. The van der Waals surface area contributed by atoms with E-state index in [1.54, 1.807) is 0 Å². The summed E-state index contributed by atoms with van der Waals surface area (Å²) in [6.07, 6.45) is 6.58. The van der Waals surface area contributed by atoms with Crippen LogP contribution in [-0.4, -0.2) is 43.1 Å². The predicted molar refractivity (Wildman–Crippen MR) is 62.7 cm³/mol. The fourth-order valence-corrected chi connectivity index (χ4v) is 1.41. The Morgan fingerprint density at radius 3 is 2.21 bits per heavy atom. The Balaban J connectivity index is 3.54. The molecule has 3 heteroatoms. The van der Waals surface area contributed by atoms with Gasteiger partial charge in [-0.3, -0.25) is 15.2 Å². The average Bonchev–Trinajstić information content (AvgIpc) is 2.16. The molecule has 0 rings (SSSR count). The van der Waals surface area contributed by atoms with Gasteiger partial charge in [0.2, 0.25) is 0 Å². The van der Waals surface area contributed by atoms with E-state index in [1.807, 2.05) is 18.7 Å². The van der Waals surface area contributed by atoms with Crippen molar-refractivity contribution in [3.63, 3.8) is 0 Å². The number of unbranched alkanes of at least 4 members (excludes halogenated alkanes) is 4. The molecule has 0 aliphatic carbocycles. The second-order valence-corrected chi connectivity index (χ2v) is 4.09. The van der Waals surface area contributed by atoms with Crippen molar-refractivity contribution in [3.05, 3.63) is 0 Å². The topological polar surface area (TPSA) is 32.3 Å². The smallest absolute Gasteiger partial charge is 0.291 e. The maximum atomic E-state index is 5.87. The first-order chi connectivity index (χ1) is 6.59. The Hall–Kier alpha value is -0.730. The first kappa shape index (κ1) is 13.3. The van der Waals surface area contributed by atoms with Gasteiger partial charge >= 0.3 is 5.96 Å². The summed E-state index contributed by atoms with van der Waals surface area (Å²) in [6, 6.07) is 0.